The maximum atomic E-state index is 13.1. The van der Waals surface area contributed by atoms with Crippen molar-refractivity contribution in [2.45, 2.75) is 26.2 Å². The summed E-state index contributed by atoms with van der Waals surface area (Å²) in [5, 5.41) is 2.82. The molecule has 0 radical (unpaired) electrons. The summed E-state index contributed by atoms with van der Waals surface area (Å²) in [5.74, 6) is -0.133. The van der Waals surface area contributed by atoms with Crippen molar-refractivity contribution in [1.82, 2.24) is 0 Å². The van der Waals surface area contributed by atoms with Gasteiger partial charge in [0.15, 0.2) is 0 Å². The SMILES string of the molecule is Cc1ccc(F)cc1NC(=O)C1CCCC1CN. The van der Waals surface area contributed by atoms with E-state index in [0.29, 0.717) is 12.2 Å². The number of carbonyl (C=O) groups excluding carboxylic acids is 1. The van der Waals surface area contributed by atoms with E-state index in [-0.39, 0.29) is 23.6 Å². The van der Waals surface area contributed by atoms with Crippen molar-refractivity contribution in [3.63, 3.8) is 0 Å². The van der Waals surface area contributed by atoms with Gasteiger partial charge in [0, 0.05) is 11.6 Å². The first-order valence-electron chi connectivity index (χ1n) is 6.39. The molecule has 0 aliphatic heterocycles. The molecule has 2 unspecified atom stereocenters. The van der Waals surface area contributed by atoms with Gasteiger partial charge in [0.1, 0.15) is 5.82 Å². The third-order valence-corrected chi connectivity index (χ3v) is 3.76. The lowest BCUT2D eigenvalue weighted by Crippen LogP contribution is -2.30. The second kappa shape index (κ2) is 5.48. The summed E-state index contributed by atoms with van der Waals surface area (Å²) in [4.78, 5) is 12.2. The van der Waals surface area contributed by atoms with Crippen molar-refractivity contribution < 1.29 is 9.18 Å². The van der Waals surface area contributed by atoms with E-state index < -0.39 is 0 Å². The van der Waals surface area contributed by atoms with Gasteiger partial charge in [-0.25, -0.2) is 4.39 Å². The van der Waals surface area contributed by atoms with Crippen molar-refractivity contribution in [3.8, 4) is 0 Å². The number of anilines is 1. The molecule has 1 aliphatic rings. The van der Waals surface area contributed by atoms with Crippen molar-refractivity contribution >= 4 is 11.6 Å². The van der Waals surface area contributed by atoms with Crippen LogP contribution in [0.25, 0.3) is 0 Å². The summed E-state index contributed by atoms with van der Waals surface area (Å²) in [6.07, 6.45) is 2.93. The molecule has 2 rings (SSSR count). The largest absolute Gasteiger partial charge is 0.330 e. The second-order valence-electron chi connectivity index (χ2n) is 4.98. The maximum Gasteiger partial charge on any atom is 0.227 e. The summed E-state index contributed by atoms with van der Waals surface area (Å²) in [7, 11) is 0. The minimum atomic E-state index is -0.335. The Balaban J connectivity index is 2.09. The Morgan fingerprint density at radius 3 is 3.00 bits per heavy atom. The molecule has 1 aromatic rings. The predicted molar refractivity (Wildman–Crippen MR) is 69.7 cm³/mol. The van der Waals surface area contributed by atoms with Gasteiger partial charge in [-0.3, -0.25) is 4.79 Å². The Morgan fingerprint density at radius 2 is 2.28 bits per heavy atom. The highest BCUT2D eigenvalue weighted by Gasteiger charge is 2.32. The molecular formula is C14H19FN2O. The van der Waals surface area contributed by atoms with E-state index in [9.17, 15) is 9.18 Å². The van der Waals surface area contributed by atoms with Crippen molar-refractivity contribution in [2.24, 2.45) is 17.6 Å². The highest BCUT2D eigenvalue weighted by molar-refractivity contribution is 5.93. The molecule has 0 saturated heterocycles. The third-order valence-electron chi connectivity index (χ3n) is 3.76. The van der Waals surface area contributed by atoms with E-state index in [0.717, 1.165) is 24.8 Å². The minimum Gasteiger partial charge on any atom is -0.330 e. The zero-order valence-electron chi connectivity index (χ0n) is 10.6. The lowest BCUT2D eigenvalue weighted by molar-refractivity contribution is -0.120. The molecule has 1 aliphatic carbocycles. The summed E-state index contributed by atoms with van der Waals surface area (Å²) in [6.45, 7) is 2.39. The Kier molecular flexibility index (Phi) is 3.97. The van der Waals surface area contributed by atoms with Crippen LogP contribution in [0.2, 0.25) is 0 Å². The quantitative estimate of drug-likeness (QED) is 0.865. The predicted octanol–water partition coefficient (Wildman–Crippen LogP) is 2.45. The number of aryl methyl sites for hydroxylation is 1. The van der Waals surface area contributed by atoms with Crippen LogP contribution in [0.5, 0.6) is 0 Å². The molecule has 3 nitrogen and oxygen atoms in total. The lowest BCUT2D eigenvalue weighted by Gasteiger charge is -2.18. The average Bonchev–Trinajstić information content (AvgIpc) is 2.82. The number of amides is 1. The molecule has 2 atom stereocenters. The van der Waals surface area contributed by atoms with Crippen LogP contribution in [-0.2, 0) is 4.79 Å². The molecule has 1 fully saturated rings. The minimum absolute atomic E-state index is 0.0299. The van der Waals surface area contributed by atoms with Crippen LogP contribution in [0.4, 0.5) is 10.1 Å². The third kappa shape index (κ3) is 2.70. The summed E-state index contributed by atoms with van der Waals surface area (Å²) in [6, 6.07) is 4.42. The van der Waals surface area contributed by atoms with Gasteiger partial charge in [-0.1, -0.05) is 12.5 Å². The Labute approximate surface area is 107 Å². The molecule has 0 heterocycles. The summed E-state index contributed by atoms with van der Waals surface area (Å²) < 4.78 is 13.1. The number of rotatable bonds is 3. The normalized spacial score (nSPS) is 23.1. The first-order valence-corrected chi connectivity index (χ1v) is 6.39. The Morgan fingerprint density at radius 1 is 1.50 bits per heavy atom. The highest BCUT2D eigenvalue weighted by Crippen LogP contribution is 2.32. The fourth-order valence-electron chi connectivity index (χ4n) is 2.62. The van der Waals surface area contributed by atoms with Crippen molar-refractivity contribution in [2.75, 3.05) is 11.9 Å². The van der Waals surface area contributed by atoms with Crippen LogP contribution in [-0.4, -0.2) is 12.5 Å². The van der Waals surface area contributed by atoms with Gasteiger partial charge in [-0.15, -0.1) is 0 Å². The van der Waals surface area contributed by atoms with Gasteiger partial charge in [0.05, 0.1) is 0 Å². The number of nitrogens with one attached hydrogen (secondary N) is 1. The highest BCUT2D eigenvalue weighted by atomic mass is 19.1. The van der Waals surface area contributed by atoms with E-state index in [1.807, 2.05) is 6.92 Å². The standard InChI is InChI=1S/C14H19FN2O/c1-9-5-6-11(15)7-13(9)17-14(18)12-4-2-3-10(12)8-16/h5-7,10,12H,2-4,8,16H2,1H3,(H,17,18). The molecular weight excluding hydrogens is 231 g/mol. The van der Waals surface area contributed by atoms with E-state index in [4.69, 9.17) is 5.73 Å². The molecule has 1 aromatic carbocycles. The number of carbonyl (C=O) groups is 1. The summed E-state index contributed by atoms with van der Waals surface area (Å²) >= 11 is 0. The van der Waals surface area contributed by atoms with Crippen molar-refractivity contribution in [1.29, 1.82) is 0 Å². The molecule has 3 N–H and O–H groups in total. The Hall–Kier alpha value is -1.42. The van der Waals surface area contributed by atoms with Gasteiger partial charge >= 0.3 is 0 Å². The number of benzene rings is 1. The maximum absolute atomic E-state index is 13.1. The van der Waals surface area contributed by atoms with E-state index in [1.165, 1.54) is 12.1 Å². The lowest BCUT2D eigenvalue weighted by atomic mass is 9.95. The Bertz CT molecular complexity index is 447. The van der Waals surface area contributed by atoms with Crippen LogP contribution in [0.3, 0.4) is 0 Å². The average molecular weight is 250 g/mol. The molecule has 1 amide bonds. The van der Waals surface area contributed by atoms with E-state index in [2.05, 4.69) is 5.32 Å². The van der Waals surface area contributed by atoms with E-state index >= 15 is 0 Å². The first-order chi connectivity index (χ1) is 8.61. The van der Waals surface area contributed by atoms with Gasteiger partial charge in [0.25, 0.3) is 0 Å². The van der Waals surface area contributed by atoms with E-state index in [1.54, 1.807) is 6.07 Å². The zero-order chi connectivity index (χ0) is 13.1. The number of hydrogen-bond acceptors (Lipinski definition) is 2. The topological polar surface area (TPSA) is 55.1 Å². The van der Waals surface area contributed by atoms with Crippen LogP contribution in [0, 0.1) is 24.6 Å². The number of nitrogens with two attached hydrogens (primary N) is 1. The first kappa shape index (κ1) is 13.0. The fraction of sp³-hybridized carbons (Fsp3) is 0.500. The number of hydrogen-bond donors (Lipinski definition) is 2. The van der Waals surface area contributed by atoms with Crippen LogP contribution in [0.1, 0.15) is 24.8 Å². The van der Waals surface area contributed by atoms with Crippen LogP contribution in [0.15, 0.2) is 18.2 Å². The van der Waals surface area contributed by atoms with Gasteiger partial charge < -0.3 is 11.1 Å². The van der Waals surface area contributed by atoms with Crippen LogP contribution < -0.4 is 11.1 Å². The molecule has 0 bridgehead atoms. The molecule has 18 heavy (non-hydrogen) atoms. The monoisotopic (exact) mass is 250 g/mol. The zero-order valence-corrected chi connectivity index (χ0v) is 10.6. The summed E-state index contributed by atoms with van der Waals surface area (Å²) in [5.41, 5.74) is 7.10. The molecule has 0 spiro atoms. The molecule has 0 aromatic heterocycles. The fourth-order valence-corrected chi connectivity index (χ4v) is 2.62. The second-order valence-corrected chi connectivity index (χ2v) is 4.98. The smallest absolute Gasteiger partial charge is 0.227 e. The number of halogens is 1. The van der Waals surface area contributed by atoms with Gasteiger partial charge in [-0.2, -0.15) is 0 Å². The van der Waals surface area contributed by atoms with Crippen LogP contribution >= 0.6 is 0 Å². The van der Waals surface area contributed by atoms with Crippen molar-refractivity contribution in [3.05, 3.63) is 29.6 Å². The molecule has 98 valence electrons. The van der Waals surface area contributed by atoms with Gasteiger partial charge in [-0.05, 0) is 49.9 Å². The molecule has 1 saturated carbocycles. The molecule has 4 heteroatoms. The van der Waals surface area contributed by atoms with Gasteiger partial charge in [0.2, 0.25) is 5.91 Å².